The molecule has 0 spiro atoms. The Hall–Kier alpha value is -0.610. The maximum absolute atomic E-state index is 12.2. The molecule has 0 unspecified atom stereocenters. The zero-order chi connectivity index (χ0) is 20.9. The van der Waals surface area contributed by atoms with Gasteiger partial charge in [0.05, 0.1) is 31.7 Å². The minimum Gasteiger partial charge on any atom is -0.550 e. The van der Waals surface area contributed by atoms with Gasteiger partial charge in [-0.15, -0.1) is 12.4 Å². The maximum atomic E-state index is 12.2. The first-order valence-corrected chi connectivity index (χ1v) is 9.54. The Morgan fingerprint density at radius 2 is 1.48 bits per heavy atom. The molecule has 0 aromatic heterocycles. The lowest BCUT2D eigenvalue weighted by Gasteiger charge is -2.29. The molecule has 0 fully saturated rings. The molecule has 0 amide bonds. The van der Waals surface area contributed by atoms with Gasteiger partial charge in [0.15, 0.2) is 0 Å². The number of carbonyl (C=O) groups is 2. The van der Waals surface area contributed by atoms with Crippen molar-refractivity contribution in [3.8, 4) is 0 Å². The Balaban J connectivity index is 0. The largest absolute Gasteiger partial charge is 0.550 e. The zero-order valence-corrected chi connectivity index (χ0v) is 17.2. The summed E-state index contributed by atoms with van der Waals surface area (Å²) < 4.78 is 22.4. The predicted molar refractivity (Wildman–Crippen MR) is 105 cm³/mol. The van der Waals surface area contributed by atoms with Crippen LogP contribution in [0.25, 0.3) is 0 Å². The van der Waals surface area contributed by atoms with Gasteiger partial charge in [0.1, 0.15) is 5.78 Å². The predicted octanol–water partition coefficient (Wildman–Crippen LogP) is 3.75. The number of halogens is 1. The minimum absolute atomic E-state index is 0. The van der Waals surface area contributed by atoms with Gasteiger partial charge in [0.2, 0.25) is 0 Å². The number of unbranched alkanes of at least 4 members (excludes halogenated alkanes) is 8. The summed E-state index contributed by atoms with van der Waals surface area (Å²) in [6, 6.07) is 0. The quantitative estimate of drug-likeness (QED) is 0.302. The number of aliphatic carboxylic acids is 1. The first-order valence-electron chi connectivity index (χ1n) is 11.0. The molecular formula is C20H40ClNO3. The Labute approximate surface area is 165 Å². The lowest BCUT2D eigenvalue weighted by atomic mass is 9.95. The van der Waals surface area contributed by atoms with Crippen molar-refractivity contribution in [2.45, 2.75) is 84.0 Å². The van der Waals surface area contributed by atoms with Crippen molar-refractivity contribution in [2.24, 2.45) is 5.92 Å². The SMILES string of the molecule is Cl.[2H]C([2H])([2H])[N+](C)(C)C[C@@H](CC(=O)[O-])CC(=O)CCCCCCCCCCC. The highest BCUT2D eigenvalue weighted by Gasteiger charge is 2.21. The number of ketones is 1. The summed E-state index contributed by atoms with van der Waals surface area (Å²) in [5.74, 6) is -1.72. The van der Waals surface area contributed by atoms with Crippen molar-refractivity contribution in [1.29, 1.82) is 0 Å². The number of carboxylic acid groups (broad SMARTS) is 1. The second-order valence-electron chi connectivity index (χ2n) is 7.63. The van der Waals surface area contributed by atoms with Crippen LogP contribution in [-0.2, 0) is 9.59 Å². The van der Waals surface area contributed by atoms with E-state index in [0.29, 0.717) is 6.42 Å². The van der Waals surface area contributed by atoms with E-state index >= 15 is 0 Å². The van der Waals surface area contributed by atoms with Gasteiger partial charge in [-0.2, -0.15) is 0 Å². The fourth-order valence-corrected chi connectivity index (χ4v) is 3.14. The molecule has 0 aliphatic carbocycles. The lowest BCUT2D eigenvalue weighted by Crippen LogP contribution is -2.41. The Morgan fingerprint density at radius 1 is 0.960 bits per heavy atom. The molecule has 0 radical (unpaired) electrons. The van der Waals surface area contributed by atoms with Crippen LogP contribution in [0.2, 0.25) is 0 Å². The van der Waals surface area contributed by atoms with Gasteiger partial charge in [0.25, 0.3) is 0 Å². The van der Waals surface area contributed by atoms with Crippen LogP contribution in [0.4, 0.5) is 0 Å². The van der Waals surface area contributed by atoms with Gasteiger partial charge >= 0.3 is 0 Å². The van der Waals surface area contributed by atoms with Crippen LogP contribution in [0.5, 0.6) is 0 Å². The summed E-state index contributed by atoms with van der Waals surface area (Å²) in [6.07, 6.45) is 10.9. The van der Waals surface area contributed by atoms with E-state index in [2.05, 4.69) is 6.92 Å². The molecular weight excluding hydrogens is 338 g/mol. The van der Waals surface area contributed by atoms with Crippen LogP contribution in [0.3, 0.4) is 0 Å². The van der Waals surface area contributed by atoms with Gasteiger partial charge in [-0.05, 0) is 12.8 Å². The number of quaternary nitrogens is 1. The molecule has 0 aromatic carbocycles. The molecule has 0 aliphatic heterocycles. The van der Waals surface area contributed by atoms with Crippen LogP contribution >= 0.6 is 12.4 Å². The fourth-order valence-electron chi connectivity index (χ4n) is 3.14. The topological polar surface area (TPSA) is 57.2 Å². The van der Waals surface area contributed by atoms with Crippen LogP contribution in [0, 0.1) is 5.92 Å². The van der Waals surface area contributed by atoms with E-state index in [4.69, 9.17) is 4.11 Å². The van der Waals surface area contributed by atoms with E-state index in [9.17, 15) is 14.7 Å². The van der Waals surface area contributed by atoms with Crippen molar-refractivity contribution in [3.05, 3.63) is 0 Å². The van der Waals surface area contributed by atoms with Crippen molar-refractivity contribution < 1.29 is 23.3 Å². The average molecular weight is 381 g/mol. The Kier molecular flexibility index (Phi) is 12.9. The number of nitrogens with zero attached hydrogens (tertiary/aromatic N) is 1. The fraction of sp³-hybridized carbons (Fsp3) is 0.900. The molecule has 150 valence electrons. The van der Waals surface area contributed by atoms with Gasteiger partial charge in [0, 0.05) is 24.7 Å². The summed E-state index contributed by atoms with van der Waals surface area (Å²) in [4.78, 5) is 23.2. The summed E-state index contributed by atoms with van der Waals surface area (Å²) in [6.45, 7) is 0.0794. The van der Waals surface area contributed by atoms with Crippen LogP contribution in [0.15, 0.2) is 0 Å². The van der Waals surface area contributed by atoms with E-state index in [1.807, 2.05) is 0 Å². The number of hydrogen-bond donors (Lipinski definition) is 0. The second kappa shape index (κ2) is 15.6. The molecule has 0 N–H and O–H groups in total. The molecule has 0 heterocycles. The number of rotatable bonds is 16. The summed E-state index contributed by atoms with van der Waals surface area (Å²) in [7, 11) is 3.08. The molecule has 1 atom stereocenters. The minimum atomic E-state index is -2.25. The number of Topliss-reactive ketones (excluding diaryl/α,β-unsaturated/α-hetero) is 1. The second-order valence-corrected chi connectivity index (χ2v) is 7.63. The zero-order valence-electron chi connectivity index (χ0n) is 19.3. The maximum Gasteiger partial charge on any atom is 0.133 e. The molecule has 0 saturated heterocycles. The highest BCUT2D eigenvalue weighted by Crippen LogP contribution is 2.16. The first kappa shape index (κ1) is 20.7. The van der Waals surface area contributed by atoms with Gasteiger partial charge < -0.3 is 14.4 Å². The summed E-state index contributed by atoms with van der Waals surface area (Å²) in [5, 5.41) is 11.0. The van der Waals surface area contributed by atoms with Crippen LogP contribution in [0.1, 0.15) is 88.1 Å². The normalized spacial score (nSPS) is 14.8. The standard InChI is InChI=1S/C20H39NO3.ClH/c1-5-6-7-8-9-10-11-12-13-14-19(22)15-18(16-20(23)24)17-21(2,3)4;/h18H,5-17H2,1-4H3;1H/t18-;/m1./s1/i2D3;. The molecule has 5 heteroatoms. The lowest BCUT2D eigenvalue weighted by molar-refractivity contribution is -0.873. The van der Waals surface area contributed by atoms with E-state index in [-0.39, 0.29) is 42.1 Å². The van der Waals surface area contributed by atoms with Crippen molar-refractivity contribution >= 4 is 24.2 Å². The van der Waals surface area contributed by atoms with Crippen LogP contribution < -0.4 is 5.11 Å². The van der Waals surface area contributed by atoms with E-state index in [0.717, 1.165) is 19.3 Å². The Morgan fingerprint density at radius 3 is 1.96 bits per heavy atom. The van der Waals surface area contributed by atoms with Gasteiger partial charge in [-0.25, -0.2) is 0 Å². The molecule has 25 heavy (non-hydrogen) atoms. The van der Waals surface area contributed by atoms with E-state index in [1.54, 1.807) is 14.1 Å². The molecule has 0 aromatic rings. The molecule has 0 aliphatic rings. The molecule has 0 saturated carbocycles. The third kappa shape index (κ3) is 19.6. The van der Waals surface area contributed by atoms with Crippen molar-refractivity contribution in [3.63, 3.8) is 0 Å². The van der Waals surface area contributed by atoms with E-state index in [1.165, 1.54) is 38.5 Å². The van der Waals surface area contributed by atoms with E-state index < -0.39 is 18.9 Å². The third-order valence-electron chi connectivity index (χ3n) is 4.25. The first-order chi connectivity index (χ1) is 12.5. The smallest absolute Gasteiger partial charge is 0.133 e. The van der Waals surface area contributed by atoms with Gasteiger partial charge in [-0.1, -0.05) is 58.3 Å². The number of carbonyl (C=O) groups excluding carboxylic acids is 2. The highest BCUT2D eigenvalue weighted by molar-refractivity contribution is 5.85. The van der Waals surface area contributed by atoms with Crippen molar-refractivity contribution in [2.75, 3.05) is 27.6 Å². The Bertz CT molecular complexity index is 443. The molecule has 0 bridgehead atoms. The monoisotopic (exact) mass is 380 g/mol. The van der Waals surface area contributed by atoms with Crippen LogP contribution in [-0.4, -0.2) is 43.9 Å². The summed E-state index contributed by atoms with van der Waals surface area (Å²) >= 11 is 0. The number of hydrogen-bond acceptors (Lipinski definition) is 3. The highest BCUT2D eigenvalue weighted by atomic mass is 35.5. The summed E-state index contributed by atoms with van der Waals surface area (Å²) in [5.41, 5.74) is 0. The molecule has 0 rings (SSSR count). The average Bonchev–Trinajstić information content (AvgIpc) is 2.51. The number of carboxylic acids is 1. The van der Waals surface area contributed by atoms with Gasteiger partial charge in [-0.3, -0.25) is 4.79 Å². The third-order valence-corrected chi connectivity index (χ3v) is 4.25. The van der Waals surface area contributed by atoms with Crippen molar-refractivity contribution in [1.82, 2.24) is 0 Å². The molecule has 4 nitrogen and oxygen atoms in total.